The lowest BCUT2D eigenvalue weighted by molar-refractivity contribution is -0.121. The summed E-state index contributed by atoms with van der Waals surface area (Å²) in [6.07, 6.45) is 9.83. The number of hydrogen-bond acceptors (Lipinski definition) is 2. The molecule has 4 saturated carbocycles. The molecule has 0 aromatic rings. The second-order valence-corrected chi connectivity index (χ2v) is 8.41. The smallest absolute Gasteiger partial charge is 0.315 e. The molecule has 136 valence electrons. The molecular formula is C19H33N3O2. The highest BCUT2D eigenvalue weighted by Crippen LogP contribution is 2.55. The third kappa shape index (κ3) is 4.04. The van der Waals surface area contributed by atoms with E-state index in [1.165, 1.54) is 19.3 Å². The molecule has 5 nitrogen and oxygen atoms in total. The van der Waals surface area contributed by atoms with Gasteiger partial charge in [0.1, 0.15) is 0 Å². The Labute approximate surface area is 145 Å². The average molecular weight is 335 g/mol. The zero-order valence-corrected chi connectivity index (χ0v) is 15.2. The number of hydrogen-bond donors (Lipinski definition) is 3. The number of amides is 3. The van der Waals surface area contributed by atoms with Gasteiger partial charge in [-0.1, -0.05) is 13.8 Å². The standard InChI is InChI=1S/C19H33N3O2/c1-3-16(4-2)21-17(23)5-6-20-18(24)22-19-10-13-7-14(11-19)9-15(8-13)12-19/h13-16H,3-12H2,1-2H3,(H,21,23)(H2,20,22,24). The molecule has 3 amide bonds. The van der Waals surface area contributed by atoms with Crippen molar-refractivity contribution in [3.63, 3.8) is 0 Å². The van der Waals surface area contributed by atoms with E-state index in [-0.39, 0.29) is 23.5 Å². The summed E-state index contributed by atoms with van der Waals surface area (Å²) in [5.41, 5.74) is 0.0383. The van der Waals surface area contributed by atoms with Gasteiger partial charge in [-0.15, -0.1) is 0 Å². The summed E-state index contributed by atoms with van der Waals surface area (Å²) < 4.78 is 0. The van der Waals surface area contributed by atoms with Gasteiger partial charge in [-0.3, -0.25) is 4.79 Å². The summed E-state index contributed by atoms with van der Waals surface area (Å²) >= 11 is 0. The van der Waals surface area contributed by atoms with Gasteiger partial charge < -0.3 is 16.0 Å². The SMILES string of the molecule is CCC(CC)NC(=O)CCNC(=O)NC12CC3CC(CC(C3)C1)C2. The van der Waals surface area contributed by atoms with Crippen molar-refractivity contribution in [3.05, 3.63) is 0 Å². The minimum Gasteiger partial charge on any atom is -0.353 e. The molecule has 0 atom stereocenters. The first kappa shape index (κ1) is 17.6. The van der Waals surface area contributed by atoms with E-state index in [1.54, 1.807) is 0 Å². The number of urea groups is 1. The van der Waals surface area contributed by atoms with Crippen LogP contribution in [0.3, 0.4) is 0 Å². The van der Waals surface area contributed by atoms with Gasteiger partial charge in [-0.25, -0.2) is 4.79 Å². The lowest BCUT2D eigenvalue weighted by atomic mass is 9.53. The zero-order chi connectivity index (χ0) is 17.2. The summed E-state index contributed by atoms with van der Waals surface area (Å²) in [5, 5.41) is 9.17. The molecule has 0 heterocycles. The Morgan fingerprint density at radius 1 is 1.00 bits per heavy atom. The van der Waals surface area contributed by atoms with Crippen LogP contribution in [0.5, 0.6) is 0 Å². The van der Waals surface area contributed by atoms with Gasteiger partial charge in [-0.05, 0) is 69.1 Å². The van der Waals surface area contributed by atoms with Gasteiger partial charge in [0.15, 0.2) is 0 Å². The van der Waals surface area contributed by atoms with E-state index in [1.807, 2.05) is 0 Å². The molecule has 0 aliphatic heterocycles. The Morgan fingerprint density at radius 2 is 1.54 bits per heavy atom. The highest BCUT2D eigenvalue weighted by molar-refractivity contribution is 5.78. The number of nitrogens with one attached hydrogen (secondary N) is 3. The molecule has 4 aliphatic rings. The van der Waals surface area contributed by atoms with Crippen molar-refractivity contribution in [2.24, 2.45) is 17.8 Å². The molecule has 0 aromatic carbocycles. The van der Waals surface area contributed by atoms with Crippen molar-refractivity contribution in [2.75, 3.05) is 6.54 Å². The molecule has 0 radical (unpaired) electrons. The molecule has 3 N–H and O–H groups in total. The first-order valence-corrected chi connectivity index (χ1v) is 9.87. The van der Waals surface area contributed by atoms with Crippen LogP contribution in [0.15, 0.2) is 0 Å². The van der Waals surface area contributed by atoms with E-state index in [4.69, 9.17) is 0 Å². The summed E-state index contributed by atoms with van der Waals surface area (Å²) in [7, 11) is 0. The predicted octanol–water partition coefficient (Wildman–Crippen LogP) is 2.95. The lowest BCUT2D eigenvalue weighted by Gasteiger charge is -2.56. The first-order chi connectivity index (χ1) is 11.5. The van der Waals surface area contributed by atoms with Crippen molar-refractivity contribution in [2.45, 2.75) is 83.2 Å². The summed E-state index contributed by atoms with van der Waals surface area (Å²) in [6.45, 7) is 4.56. The molecule has 4 fully saturated rings. The molecule has 24 heavy (non-hydrogen) atoms. The second kappa shape index (κ2) is 7.32. The number of rotatable bonds is 7. The van der Waals surface area contributed by atoms with Crippen molar-refractivity contribution in [3.8, 4) is 0 Å². The van der Waals surface area contributed by atoms with Crippen LogP contribution in [-0.2, 0) is 4.79 Å². The topological polar surface area (TPSA) is 70.2 Å². The molecule has 0 aromatic heterocycles. The highest BCUT2D eigenvalue weighted by Gasteiger charge is 2.51. The van der Waals surface area contributed by atoms with Gasteiger partial charge in [0.25, 0.3) is 0 Å². The van der Waals surface area contributed by atoms with E-state index < -0.39 is 0 Å². The van der Waals surface area contributed by atoms with Crippen molar-refractivity contribution in [1.29, 1.82) is 0 Å². The Kier molecular flexibility index (Phi) is 5.36. The van der Waals surface area contributed by atoms with Gasteiger partial charge in [-0.2, -0.15) is 0 Å². The molecule has 0 spiro atoms. The first-order valence-electron chi connectivity index (χ1n) is 9.87. The molecule has 4 bridgehead atoms. The van der Waals surface area contributed by atoms with Gasteiger partial charge in [0.05, 0.1) is 0 Å². The van der Waals surface area contributed by atoms with E-state index >= 15 is 0 Å². The van der Waals surface area contributed by atoms with Crippen LogP contribution in [0.25, 0.3) is 0 Å². The normalized spacial score (nSPS) is 33.5. The van der Waals surface area contributed by atoms with Crippen LogP contribution in [-0.4, -0.2) is 30.1 Å². The van der Waals surface area contributed by atoms with Crippen LogP contribution in [0, 0.1) is 17.8 Å². The maximum atomic E-state index is 12.3. The molecule has 4 aliphatic carbocycles. The maximum Gasteiger partial charge on any atom is 0.315 e. The Bertz CT molecular complexity index is 438. The summed E-state index contributed by atoms with van der Waals surface area (Å²) in [6, 6.07) is 0.158. The maximum absolute atomic E-state index is 12.3. The molecule has 5 heteroatoms. The monoisotopic (exact) mass is 335 g/mol. The quantitative estimate of drug-likeness (QED) is 0.669. The van der Waals surface area contributed by atoms with Gasteiger partial charge in [0.2, 0.25) is 5.91 Å². The van der Waals surface area contributed by atoms with Gasteiger partial charge >= 0.3 is 6.03 Å². The van der Waals surface area contributed by atoms with E-state index in [0.717, 1.165) is 49.9 Å². The summed E-state index contributed by atoms with van der Waals surface area (Å²) in [5.74, 6) is 2.49. The third-order valence-corrected chi connectivity index (χ3v) is 6.41. The third-order valence-electron chi connectivity index (χ3n) is 6.41. The van der Waals surface area contributed by atoms with Crippen molar-refractivity contribution < 1.29 is 9.59 Å². The van der Waals surface area contributed by atoms with Crippen LogP contribution in [0.4, 0.5) is 4.79 Å². The van der Waals surface area contributed by atoms with E-state index in [0.29, 0.717) is 13.0 Å². The molecule has 0 unspecified atom stereocenters. The second-order valence-electron chi connectivity index (χ2n) is 8.41. The van der Waals surface area contributed by atoms with Crippen LogP contribution in [0.1, 0.15) is 71.6 Å². The Balaban J connectivity index is 1.39. The predicted molar refractivity (Wildman–Crippen MR) is 94.6 cm³/mol. The highest BCUT2D eigenvalue weighted by atomic mass is 16.2. The van der Waals surface area contributed by atoms with Crippen LogP contribution in [0.2, 0.25) is 0 Å². The fraction of sp³-hybridized carbons (Fsp3) is 0.895. The van der Waals surface area contributed by atoms with E-state index in [2.05, 4.69) is 29.8 Å². The zero-order valence-electron chi connectivity index (χ0n) is 15.2. The fourth-order valence-electron chi connectivity index (χ4n) is 5.63. The van der Waals surface area contributed by atoms with E-state index in [9.17, 15) is 9.59 Å². The Morgan fingerprint density at radius 3 is 2.04 bits per heavy atom. The lowest BCUT2D eigenvalue weighted by Crippen LogP contribution is -2.61. The Hall–Kier alpha value is -1.26. The molecule has 4 rings (SSSR count). The number of carbonyl (C=O) groups excluding carboxylic acids is 2. The van der Waals surface area contributed by atoms with Gasteiger partial charge in [0, 0.05) is 24.5 Å². The number of carbonyl (C=O) groups is 2. The molecule has 0 saturated heterocycles. The van der Waals surface area contributed by atoms with Crippen LogP contribution >= 0.6 is 0 Å². The van der Waals surface area contributed by atoms with Crippen molar-refractivity contribution in [1.82, 2.24) is 16.0 Å². The molecular weight excluding hydrogens is 302 g/mol. The average Bonchev–Trinajstić information content (AvgIpc) is 2.50. The van der Waals surface area contributed by atoms with Crippen molar-refractivity contribution >= 4 is 11.9 Å². The fourth-order valence-corrected chi connectivity index (χ4v) is 5.63. The minimum atomic E-state index is -0.0905. The minimum absolute atomic E-state index is 0.0267. The van der Waals surface area contributed by atoms with Crippen LogP contribution < -0.4 is 16.0 Å². The summed E-state index contributed by atoms with van der Waals surface area (Å²) in [4.78, 5) is 24.2. The largest absolute Gasteiger partial charge is 0.353 e.